The van der Waals surface area contributed by atoms with Gasteiger partial charge in [-0.05, 0) is 6.26 Å². The highest BCUT2D eigenvalue weighted by molar-refractivity contribution is 7.98. The number of fused-ring (bicyclic) bond motifs is 2. The van der Waals surface area contributed by atoms with Gasteiger partial charge in [0.2, 0.25) is 6.79 Å². The molecule has 1 aromatic heterocycles. The second-order valence-electron chi connectivity index (χ2n) is 6.37. The molecule has 0 spiro atoms. The molecule has 0 bridgehead atoms. The Labute approximate surface area is 182 Å². The SMILES string of the molecule is CSCCn1c(=NC(=O)c2cc([N+](=O)[O-])cc([N+](=O)[O-])c2)sc2cc3c(cc21)OCO3. The van der Waals surface area contributed by atoms with Gasteiger partial charge in [-0.25, -0.2) is 0 Å². The van der Waals surface area contributed by atoms with Crippen molar-refractivity contribution in [2.75, 3.05) is 18.8 Å². The van der Waals surface area contributed by atoms with Crippen molar-refractivity contribution < 1.29 is 24.1 Å². The van der Waals surface area contributed by atoms with Gasteiger partial charge in [0.1, 0.15) is 0 Å². The number of rotatable bonds is 6. The molecule has 1 amide bonds. The lowest BCUT2D eigenvalue weighted by molar-refractivity contribution is -0.394. The molecular formula is C18H14N4O7S2. The zero-order chi connectivity index (χ0) is 22.1. The van der Waals surface area contributed by atoms with Crippen LogP contribution >= 0.6 is 23.1 Å². The molecule has 13 heteroatoms. The Kier molecular flexibility index (Phi) is 5.61. The maximum absolute atomic E-state index is 12.8. The largest absolute Gasteiger partial charge is 0.454 e. The number of nitro benzene ring substituents is 2. The third-order valence-corrected chi connectivity index (χ3v) is 6.10. The van der Waals surface area contributed by atoms with E-state index >= 15 is 0 Å². The third kappa shape index (κ3) is 4.09. The van der Waals surface area contributed by atoms with E-state index in [9.17, 15) is 25.0 Å². The van der Waals surface area contributed by atoms with Crippen LogP contribution in [-0.2, 0) is 6.54 Å². The summed E-state index contributed by atoms with van der Waals surface area (Å²) in [4.78, 5) is 37.9. The molecule has 0 aliphatic carbocycles. The lowest BCUT2D eigenvalue weighted by atomic mass is 10.1. The van der Waals surface area contributed by atoms with Crippen LogP contribution in [0.1, 0.15) is 10.4 Å². The number of carbonyl (C=O) groups excluding carboxylic acids is 1. The molecule has 0 saturated heterocycles. The van der Waals surface area contributed by atoms with Gasteiger partial charge >= 0.3 is 0 Å². The zero-order valence-corrected chi connectivity index (χ0v) is 17.6. The first-order valence-electron chi connectivity index (χ1n) is 8.82. The predicted molar refractivity (Wildman–Crippen MR) is 114 cm³/mol. The first-order valence-corrected chi connectivity index (χ1v) is 11.0. The van der Waals surface area contributed by atoms with Gasteiger partial charge in [0.25, 0.3) is 17.3 Å². The van der Waals surface area contributed by atoms with Gasteiger partial charge in [-0.15, -0.1) is 0 Å². The standard InChI is InChI=1S/C18H14N4O7S2/c1-30-3-2-20-13-7-14-15(29-9-28-14)8-16(13)31-18(20)19-17(23)10-4-11(21(24)25)6-12(5-10)22(26)27/h4-8H,2-3,9H2,1H3. The van der Waals surface area contributed by atoms with Crippen LogP contribution in [0, 0.1) is 20.2 Å². The topological polar surface area (TPSA) is 139 Å². The number of thiazole rings is 1. The number of hydrogen-bond acceptors (Lipinski definition) is 9. The Hall–Kier alpha value is -3.45. The van der Waals surface area contributed by atoms with Crippen molar-refractivity contribution in [2.24, 2.45) is 4.99 Å². The van der Waals surface area contributed by atoms with E-state index in [1.807, 2.05) is 16.9 Å². The van der Waals surface area contributed by atoms with Crippen LogP contribution in [0.3, 0.4) is 0 Å². The Morgan fingerprint density at radius 1 is 1.13 bits per heavy atom. The number of benzene rings is 2. The molecule has 1 aliphatic rings. The number of non-ortho nitro benzene ring substituents is 2. The lowest BCUT2D eigenvalue weighted by Gasteiger charge is -2.04. The molecule has 0 N–H and O–H groups in total. The molecule has 0 fully saturated rings. The Balaban J connectivity index is 1.84. The van der Waals surface area contributed by atoms with Gasteiger partial charge in [-0.1, -0.05) is 11.3 Å². The van der Waals surface area contributed by atoms with Gasteiger partial charge < -0.3 is 14.0 Å². The van der Waals surface area contributed by atoms with E-state index in [-0.39, 0.29) is 12.4 Å². The van der Waals surface area contributed by atoms with Crippen molar-refractivity contribution in [1.82, 2.24) is 4.57 Å². The number of aromatic nitrogens is 1. The van der Waals surface area contributed by atoms with Crippen molar-refractivity contribution in [3.05, 3.63) is 60.9 Å². The van der Waals surface area contributed by atoms with Crippen molar-refractivity contribution in [2.45, 2.75) is 6.54 Å². The van der Waals surface area contributed by atoms with Crippen LogP contribution < -0.4 is 14.3 Å². The molecule has 3 aromatic rings. The van der Waals surface area contributed by atoms with Crippen molar-refractivity contribution >= 4 is 50.6 Å². The van der Waals surface area contributed by atoms with Gasteiger partial charge in [0, 0.05) is 36.6 Å². The fourth-order valence-corrected chi connectivity index (χ4v) is 4.45. The first-order chi connectivity index (χ1) is 14.9. The van der Waals surface area contributed by atoms with Gasteiger partial charge in [0.15, 0.2) is 16.3 Å². The molecule has 0 atom stereocenters. The van der Waals surface area contributed by atoms with Crippen LogP contribution in [0.2, 0.25) is 0 Å². The molecule has 31 heavy (non-hydrogen) atoms. The smallest absolute Gasteiger partial charge is 0.280 e. The number of nitro groups is 2. The fourth-order valence-electron chi connectivity index (χ4n) is 3.02. The van der Waals surface area contributed by atoms with Gasteiger partial charge in [-0.2, -0.15) is 16.8 Å². The summed E-state index contributed by atoms with van der Waals surface area (Å²) in [6.07, 6.45) is 1.95. The molecule has 11 nitrogen and oxygen atoms in total. The summed E-state index contributed by atoms with van der Waals surface area (Å²) in [7, 11) is 0. The molecule has 160 valence electrons. The molecule has 4 rings (SSSR count). The lowest BCUT2D eigenvalue weighted by Crippen LogP contribution is -2.18. The second kappa shape index (κ2) is 8.35. The summed E-state index contributed by atoms with van der Waals surface area (Å²) >= 11 is 2.87. The molecular weight excluding hydrogens is 448 g/mol. The van der Waals surface area contributed by atoms with Crippen LogP contribution in [0.25, 0.3) is 10.2 Å². The summed E-state index contributed by atoms with van der Waals surface area (Å²) in [6, 6.07) is 6.38. The molecule has 0 radical (unpaired) electrons. The highest BCUT2D eigenvalue weighted by Gasteiger charge is 2.21. The number of ether oxygens (including phenoxy) is 2. The number of hydrogen-bond donors (Lipinski definition) is 0. The summed E-state index contributed by atoms with van der Waals surface area (Å²) in [6.45, 7) is 0.695. The Morgan fingerprint density at radius 2 is 1.77 bits per heavy atom. The monoisotopic (exact) mass is 462 g/mol. The number of carbonyl (C=O) groups is 1. The van der Waals surface area contributed by atoms with Crippen molar-refractivity contribution in [1.29, 1.82) is 0 Å². The maximum Gasteiger partial charge on any atom is 0.280 e. The van der Waals surface area contributed by atoms with E-state index in [0.29, 0.717) is 22.8 Å². The van der Waals surface area contributed by atoms with E-state index in [1.165, 1.54) is 11.3 Å². The minimum atomic E-state index is -0.809. The molecule has 2 heterocycles. The minimum Gasteiger partial charge on any atom is -0.454 e. The van der Waals surface area contributed by atoms with Crippen LogP contribution in [-0.4, -0.2) is 39.1 Å². The van der Waals surface area contributed by atoms with Crippen LogP contribution in [0.15, 0.2) is 35.3 Å². The average Bonchev–Trinajstić information content (AvgIpc) is 3.33. The van der Waals surface area contributed by atoms with E-state index in [1.54, 1.807) is 17.8 Å². The summed E-state index contributed by atoms with van der Waals surface area (Å²) in [5.74, 6) is 1.13. The molecule has 1 aliphatic heterocycles. The molecule has 2 aromatic carbocycles. The zero-order valence-electron chi connectivity index (χ0n) is 16.0. The minimum absolute atomic E-state index is 0.138. The van der Waals surface area contributed by atoms with Gasteiger partial charge in [0.05, 0.1) is 31.7 Å². The number of nitrogens with zero attached hydrogens (tertiary/aromatic N) is 4. The Morgan fingerprint density at radius 3 is 2.39 bits per heavy atom. The summed E-state index contributed by atoms with van der Waals surface area (Å²) in [5, 5.41) is 22.2. The van der Waals surface area contributed by atoms with Crippen LogP contribution in [0.5, 0.6) is 11.5 Å². The first kappa shape index (κ1) is 20.8. The average molecular weight is 462 g/mol. The number of aryl methyl sites for hydroxylation is 1. The quantitative estimate of drug-likeness (QED) is 0.401. The van der Waals surface area contributed by atoms with Gasteiger partial charge in [-0.3, -0.25) is 25.0 Å². The van der Waals surface area contributed by atoms with Crippen molar-refractivity contribution in [3.8, 4) is 11.5 Å². The number of thioether (sulfide) groups is 1. The molecule has 0 unspecified atom stereocenters. The summed E-state index contributed by atoms with van der Waals surface area (Å²) < 4.78 is 13.5. The fraction of sp³-hybridized carbons (Fsp3) is 0.222. The van der Waals surface area contributed by atoms with Crippen LogP contribution in [0.4, 0.5) is 11.4 Å². The van der Waals surface area contributed by atoms with E-state index in [0.717, 1.165) is 34.2 Å². The third-order valence-electron chi connectivity index (χ3n) is 4.46. The van der Waals surface area contributed by atoms with E-state index < -0.39 is 27.1 Å². The van der Waals surface area contributed by atoms with Crippen molar-refractivity contribution in [3.63, 3.8) is 0 Å². The number of amides is 1. The second-order valence-corrected chi connectivity index (χ2v) is 8.37. The predicted octanol–water partition coefficient (Wildman–Crippen LogP) is 3.35. The summed E-state index contributed by atoms with van der Waals surface area (Å²) in [5.41, 5.74) is -0.529. The highest BCUT2D eigenvalue weighted by atomic mass is 32.2. The van der Waals surface area contributed by atoms with E-state index in [4.69, 9.17) is 9.47 Å². The highest BCUT2D eigenvalue weighted by Crippen LogP contribution is 2.37. The van der Waals surface area contributed by atoms with E-state index in [2.05, 4.69) is 4.99 Å². The Bertz CT molecular complexity index is 1270. The maximum atomic E-state index is 12.8. The molecule has 0 saturated carbocycles. The normalized spacial score (nSPS) is 13.0.